The Bertz CT molecular complexity index is 1070. The van der Waals surface area contributed by atoms with Crippen molar-refractivity contribution in [3.8, 4) is 5.75 Å². The molecule has 25 heavy (non-hydrogen) atoms. The molecule has 128 valence electrons. The molecule has 7 heteroatoms. The van der Waals surface area contributed by atoms with Gasteiger partial charge in [0.05, 0.1) is 27.3 Å². The van der Waals surface area contributed by atoms with Crippen molar-refractivity contribution < 1.29 is 15.3 Å². The number of hydrogen-bond acceptors (Lipinski definition) is 6. The minimum absolute atomic E-state index is 0.0360. The van der Waals surface area contributed by atoms with Crippen molar-refractivity contribution in [2.45, 2.75) is 53.6 Å². The molecule has 0 unspecified atom stereocenters. The molecule has 6 nitrogen and oxygen atoms in total. The summed E-state index contributed by atoms with van der Waals surface area (Å²) in [5.41, 5.74) is 3.26. The first-order valence-corrected chi connectivity index (χ1v) is 9.85. The molecule has 1 spiro atoms. The number of aromatic hydroxyl groups is 1. The lowest BCUT2D eigenvalue weighted by Gasteiger charge is -2.51. The molecule has 1 aromatic carbocycles. The summed E-state index contributed by atoms with van der Waals surface area (Å²) in [5.74, 6) is 0.223. The van der Waals surface area contributed by atoms with E-state index in [4.69, 9.17) is 0 Å². The number of rotatable bonds is 0. The minimum Gasteiger partial charge on any atom is -0.504 e. The molecule has 0 radical (unpaired) electrons. The van der Waals surface area contributed by atoms with Crippen LogP contribution in [-0.4, -0.2) is 50.5 Å². The van der Waals surface area contributed by atoms with E-state index in [1.807, 2.05) is 6.21 Å². The van der Waals surface area contributed by atoms with E-state index >= 15 is 0 Å². The van der Waals surface area contributed by atoms with Gasteiger partial charge in [0.1, 0.15) is 23.3 Å². The standard InChI is InChI=1S/C18H17N3O3S/c22-9-4-18(24)17-3-8(9)21-2-1-7-6-19-13-11(7)15(21)12(17)14(16(13)23)20-10(5-17)25-18/h6,8-10,22,24H,1-5H2,(H,19,20,23)/p+1/t8-,9+,10-,17+,18-/m0/s1. The first-order chi connectivity index (χ1) is 12.0. The Morgan fingerprint density at radius 1 is 1.32 bits per heavy atom. The molecule has 1 saturated carbocycles. The molecule has 1 saturated heterocycles. The van der Waals surface area contributed by atoms with E-state index in [0.29, 0.717) is 12.1 Å². The molecular weight excluding hydrogens is 338 g/mol. The van der Waals surface area contributed by atoms with E-state index in [9.17, 15) is 15.3 Å². The van der Waals surface area contributed by atoms with Gasteiger partial charge >= 0.3 is 0 Å². The van der Waals surface area contributed by atoms with Gasteiger partial charge in [-0.25, -0.2) is 4.58 Å². The molecule has 3 bridgehead atoms. The predicted octanol–water partition coefficient (Wildman–Crippen LogP) is -0.495. The van der Waals surface area contributed by atoms with Gasteiger partial charge in [0.25, 0.3) is 0 Å². The number of aliphatic hydroxyl groups is 2. The van der Waals surface area contributed by atoms with Crippen LogP contribution in [-0.2, 0) is 5.41 Å². The summed E-state index contributed by atoms with van der Waals surface area (Å²) in [6.07, 6.45) is 4.21. The number of benzene rings is 1. The molecule has 4 N–H and O–H groups in total. The highest BCUT2D eigenvalue weighted by Crippen LogP contribution is 2.66. The van der Waals surface area contributed by atoms with Crippen LogP contribution in [0.4, 0.5) is 11.4 Å². The van der Waals surface area contributed by atoms with E-state index in [1.165, 1.54) is 17.3 Å². The molecule has 5 aliphatic heterocycles. The van der Waals surface area contributed by atoms with Crippen LogP contribution < -0.4 is 20.5 Å². The van der Waals surface area contributed by atoms with Crippen LogP contribution in [0.2, 0.25) is 0 Å². The third-order valence-corrected chi connectivity index (χ3v) is 8.81. The quantitative estimate of drug-likeness (QED) is 0.372. The van der Waals surface area contributed by atoms with Gasteiger partial charge in [-0.2, -0.15) is 0 Å². The lowest BCUT2D eigenvalue weighted by atomic mass is 9.59. The van der Waals surface area contributed by atoms with Crippen molar-refractivity contribution in [3.63, 3.8) is 0 Å². The molecule has 7 rings (SSSR count). The highest BCUT2D eigenvalue weighted by Gasteiger charge is 2.71. The number of fused-ring (bicyclic) bond motifs is 3. The Morgan fingerprint density at radius 3 is 3.08 bits per heavy atom. The second-order valence-electron chi connectivity index (χ2n) is 8.26. The van der Waals surface area contributed by atoms with Gasteiger partial charge in [0.15, 0.2) is 11.8 Å². The summed E-state index contributed by atoms with van der Waals surface area (Å²) in [6.45, 7) is 0.859. The number of phenolic OH excluding ortho intramolecular Hbond substituents is 1. The van der Waals surface area contributed by atoms with Crippen LogP contribution in [0.3, 0.4) is 0 Å². The Morgan fingerprint density at radius 2 is 2.20 bits per heavy atom. The summed E-state index contributed by atoms with van der Waals surface area (Å²) in [4.78, 5) is 3.52. The topological polar surface area (TPSA) is 88.1 Å². The summed E-state index contributed by atoms with van der Waals surface area (Å²) < 4.78 is 2.33. The maximum atomic E-state index is 11.6. The molecule has 5 heterocycles. The second kappa shape index (κ2) is 3.75. The SMILES string of the molecule is Oc1c2c3c4c5c1N=CC=5CC[N+]=4[C@H]1C[C@@]34C[C@@H](N2)S[C@@]4(O)C[C@H]1O. The number of aliphatic imine (C=N–C) groups is 1. The Hall–Kier alpha value is -1.57. The largest absolute Gasteiger partial charge is 0.504 e. The van der Waals surface area contributed by atoms with E-state index in [1.54, 1.807) is 0 Å². The number of hydrogen-bond donors (Lipinski definition) is 4. The molecule has 5 atom stereocenters. The van der Waals surface area contributed by atoms with E-state index in [0.717, 1.165) is 47.6 Å². The first-order valence-electron chi connectivity index (χ1n) is 8.97. The molecular formula is C18H18N3O3S+. The Labute approximate surface area is 147 Å². The highest BCUT2D eigenvalue weighted by molar-refractivity contribution is 8.01. The zero-order valence-electron chi connectivity index (χ0n) is 13.5. The molecule has 0 aromatic heterocycles. The normalized spacial score (nSPS) is 43.5. The van der Waals surface area contributed by atoms with Gasteiger partial charge in [-0.15, -0.1) is 11.8 Å². The molecule has 2 fully saturated rings. The zero-order chi connectivity index (χ0) is 16.7. The van der Waals surface area contributed by atoms with Crippen molar-refractivity contribution in [3.05, 3.63) is 16.1 Å². The second-order valence-corrected chi connectivity index (χ2v) is 9.74. The third kappa shape index (κ3) is 1.22. The maximum Gasteiger partial charge on any atom is 0.216 e. The number of nitrogens with zero attached hydrogens (tertiary/aromatic N) is 2. The molecule has 1 aliphatic carbocycles. The average Bonchev–Trinajstić information content (AvgIpc) is 3.09. The van der Waals surface area contributed by atoms with Crippen molar-refractivity contribution in [1.29, 1.82) is 0 Å². The van der Waals surface area contributed by atoms with Gasteiger partial charge in [0, 0.05) is 25.5 Å². The Balaban J connectivity index is 1.77. The lowest BCUT2D eigenvalue weighted by Crippen LogP contribution is -2.70. The fourth-order valence-corrected chi connectivity index (χ4v) is 8.12. The van der Waals surface area contributed by atoms with Crippen molar-refractivity contribution >= 4 is 34.9 Å². The number of phenols is 1. The van der Waals surface area contributed by atoms with Gasteiger partial charge < -0.3 is 20.6 Å². The summed E-state index contributed by atoms with van der Waals surface area (Å²) in [6, 6.07) is 0.0360. The van der Waals surface area contributed by atoms with Crippen LogP contribution in [0.1, 0.15) is 31.2 Å². The van der Waals surface area contributed by atoms with Gasteiger partial charge in [-0.1, -0.05) is 0 Å². The van der Waals surface area contributed by atoms with E-state index in [2.05, 4.69) is 14.9 Å². The number of thioether (sulfide) groups is 1. The van der Waals surface area contributed by atoms with Crippen LogP contribution in [0.15, 0.2) is 4.99 Å². The van der Waals surface area contributed by atoms with Gasteiger partial charge in [-0.3, -0.25) is 4.99 Å². The third-order valence-electron chi connectivity index (χ3n) is 7.29. The maximum absolute atomic E-state index is 11.6. The number of anilines is 1. The monoisotopic (exact) mass is 356 g/mol. The summed E-state index contributed by atoms with van der Waals surface area (Å²) in [5, 5.41) is 39.0. The zero-order valence-corrected chi connectivity index (χ0v) is 14.3. The van der Waals surface area contributed by atoms with Crippen molar-refractivity contribution in [2.24, 2.45) is 4.99 Å². The number of nitrogens with one attached hydrogen (secondary N) is 1. The molecule has 1 aromatic rings. The predicted molar refractivity (Wildman–Crippen MR) is 94.9 cm³/mol. The smallest absolute Gasteiger partial charge is 0.216 e. The average molecular weight is 356 g/mol. The summed E-state index contributed by atoms with van der Waals surface area (Å²) in [7, 11) is 0. The van der Waals surface area contributed by atoms with Crippen LogP contribution >= 0.6 is 11.8 Å². The minimum atomic E-state index is -0.980. The molecule has 0 amide bonds. The van der Waals surface area contributed by atoms with Crippen molar-refractivity contribution in [1.82, 2.24) is 4.58 Å². The molecule has 6 aliphatic rings. The Kier molecular flexibility index (Phi) is 2.04. The van der Waals surface area contributed by atoms with Crippen molar-refractivity contribution in [2.75, 3.05) is 11.9 Å². The lowest BCUT2D eigenvalue weighted by molar-refractivity contribution is -0.0676. The fourth-order valence-electron chi connectivity index (χ4n) is 6.34. The number of aliphatic hydroxyl groups excluding tert-OH is 1. The van der Waals surface area contributed by atoms with E-state index in [-0.39, 0.29) is 17.2 Å². The van der Waals surface area contributed by atoms with E-state index < -0.39 is 16.5 Å². The first kappa shape index (κ1) is 13.6. The highest BCUT2D eigenvalue weighted by atomic mass is 32.2. The van der Waals surface area contributed by atoms with Crippen LogP contribution in [0.5, 0.6) is 5.75 Å². The van der Waals surface area contributed by atoms with Crippen LogP contribution in [0.25, 0.3) is 5.57 Å². The van der Waals surface area contributed by atoms with Gasteiger partial charge in [0.2, 0.25) is 5.36 Å². The van der Waals surface area contributed by atoms with Gasteiger partial charge in [-0.05, 0) is 12.0 Å². The summed E-state index contributed by atoms with van der Waals surface area (Å²) >= 11 is 1.52. The fraction of sp³-hybridized carbons (Fsp3) is 0.556. The van der Waals surface area contributed by atoms with Crippen LogP contribution in [0, 0.1) is 0 Å².